The van der Waals surface area contributed by atoms with E-state index in [0.717, 1.165) is 25.6 Å². The molecule has 0 aromatic carbocycles. The summed E-state index contributed by atoms with van der Waals surface area (Å²) in [7, 11) is 0. The first-order valence-electron chi connectivity index (χ1n) is 5.29. The van der Waals surface area contributed by atoms with Crippen molar-refractivity contribution in [3.05, 3.63) is 0 Å². The Balaban J connectivity index is 2.15. The van der Waals surface area contributed by atoms with E-state index in [1.165, 1.54) is 6.42 Å². The van der Waals surface area contributed by atoms with E-state index in [1.54, 1.807) is 0 Å². The molecule has 0 saturated carbocycles. The predicted octanol–water partition coefficient (Wildman–Crippen LogP) is 0.202. The van der Waals surface area contributed by atoms with Gasteiger partial charge in [-0.15, -0.1) is 0 Å². The van der Waals surface area contributed by atoms with Gasteiger partial charge in [0.1, 0.15) is 0 Å². The maximum Gasteiger partial charge on any atom is 0.0587 e. The second-order valence-corrected chi connectivity index (χ2v) is 4.30. The number of hydrogen-bond donors (Lipinski definition) is 3. The molecule has 0 unspecified atom stereocenters. The molecule has 1 aliphatic heterocycles. The third-order valence-corrected chi connectivity index (χ3v) is 2.83. The van der Waals surface area contributed by atoms with Gasteiger partial charge in [-0.1, -0.05) is 13.8 Å². The second-order valence-electron chi connectivity index (χ2n) is 4.30. The average molecular weight is 186 g/mol. The number of aliphatic hydroxyl groups is 1. The number of aliphatic hydroxyl groups excluding tert-OH is 1. The maximum atomic E-state index is 9.09. The Morgan fingerprint density at radius 2 is 2.31 bits per heavy atom. The van der Waals surface area contributed by atoms with Gasteiger partial charge in [0, 0.05) is 6.04 Å². The van der Waals surface area contributed by atoms with Crippen molar-refractivity contribution in [2.24, 2.45) is 11.8 Å². The molecule has 1 heterocycles. The van der Waals surface area contributed by atoms with E-state index in [-0.39, 0.29) is 12.6 Å². The molecule has 0 aromatic heterocycles. The van der Waals surface area contributed by atoms with Crippen molar-refractivity contribution in [2.45, 2.75) is 26.3 Å². The zero-order valence-corrected chi connectivity index (χ0v) is 8.71. The fourth-order valence-corrected chi connectivity index (χ4v) is 1.72. The van der Waals surface area contributed by atoms with Gasteiger partial charge in [0.05, 0.1) is 6.61 Å². The lowest BCUT2D eigenvalue weighted by Gasteiger charge is -2.21. The summed E-state index contributed by atoms with van der Waals surface area (Å²) in [5.41, 5.74) is 0. The Morgan fingerprint density at radius 1 is 1.54 bits per heavy atom. The van der Waals surface area contributed by atoms with Crippen LogP contribution in [0.2, 0.25) is 0 Å². The van der Waals surface area contributed by atoms with Crippen LogP contribution in [0, 0.1) is 11.8 Å². The summed E-state index contributed by atoms with van der Waals surface area (Å²) in [6.45, 7) is 7.84. The summed E-state index contributed by atoms with van der Waals surface area (Å²) >= 11 is 0. The monoisotopic (exact) mass is 186 g/mol. The zero-order valence-electron chi connectivity index (χ0n) is 8.71. The van der Waals surface area contributed by atoms with E-state index in [1.807, 2.05) is 0 Å². The van der Waals surface area contributed by atoms with Crippen molar-refractivity contribution >= 4 is 0 Å². The second kappa shape index (κ2) is 5.58. The molecule has 1 saturated heterocycles. The average Bonchev–Trinajstić information content (AvgIpc) is 2.57. The van der Waals surface area contributed by atoms with Gasteiger partial charge in [-0.25, -0.2) is 0 Å². The summed E-state index contributed by atoms with van der Waals surface area (Å²) in [5, 5.41) is 15.9. The van der Waals surface area contributed by atoms with E-state index in [4.69, 9.17) is 5.11 Å². The third-order valence-electron chi connectivity index (χ3n) is 2.83. The van der Waals surface area contributed by atoms with Crippen molar-refractivity contribution in [1.82, 2.24) is 10.6 Å². The van der Waals surface area contributed by atoms with E-state index in [9.17, 15) is 0 Å². The number of rotatable bonds is 5. The van der Waals surface area contributed by atoms with Gasteiger partial charge in [-0.05, 0) is 37.9 Å². The molecule has 0 bridgehead atoms. The Morgan fingerprint density at radius 3 is 2.77 bits per heavy atom. The summed E-state index contributed by atoms with van der Waals surface area (Å²) < 4.78 is 0. The molecule has 1 fully saturated rings. The van der Waals surface area contributed by atoms with Crippen molar-refractivity contribution < 1.29 is 5.11 Å². The molecule has 78 valence electrons. The topological polar surface area (TPSA) is 44.3 Å². The van der Waals surface area contributed by atoms with Crippen molar-refractivity contribution in [1.29, 1.82) is 0 Å². The van der Waals surface area contributed by atoms with Crippen LogP contribution < -0.4 is 10.6 Å². The zero-order chi connectivity index (χ0) is 9.68. The molecular weight excluding hydrogens is 164 g/mol. The van der Waals surface area contributed by atoms with Gasteiger partial charge in [0.2, 0.25) is 0 Å². The van der Waals surface area contributed by atoms with Crippen LogP contribution in [-0.2, 0) is 0 Å². The lowest BCUT2D eigenvalue weighted by molar-refractivity contribution is 0.206. The first kappa shape index (κ1) is 11.0. The van der Waals surface area contributed by atoms with Crippen LogP contribution in [0.15, 0.2) is 0 Å². The smallest absolute Gasteiger partial charge is 0.0587 e. The third kappa shape index (κ3) is 3.63. The van der Waals surface area contributed by atoms with E-state index in [2.05, 4.69) is 24.5 Å². The highest BCUT2D eigenvalue weighted by Gasteiger charge is 2.17. The van der Waals surface area contributed by atoms with Gasteiger partial charge in [0.25, 0.3) is 0 Å². The van der Waals surface area contributed by atoms with Gasteiger partial charge < -0.3 is 15.7 Å². The highest BCUT2D eigenvalue weighted by Crippen LogP contribution is 2.07. The van der Waals surface area contributed by atoms with Crippen LogP contribution in [0.4, 0.5) is 0 Å². The summed E-state index contributed by atoms with van der Waals surface area (Å²) in [5.74, 6) is 1.27. The van der Waals surface area contributed by atoms with Crippen molar-refractivity contribution in [2.75, 3.05) is 26.2 Å². The summed E-state index contributed by atoms with van der Waals surface area (Å²) in [6.07, 6.45) is 1.27. The quantitative estimate of drug-likeness (QED) is 0.575. The Kier molecular flexibility index (Phi) is 4.70. The van der Waals surface area contributed by atoms with Crippen LogP contribution in [0.5, 0.6) is 0 Å². The molecule has 3 nitrogen and oxygen atoms in total. The largest absolute Gasteiger partial charge is 0.395 e. The van der Waals surface area contributed by atoms with Crippen LogP contribution in [-0.4, -0.2) is 37.4 Å². The Bertz CT molecular complexity index is 133. The molecule has 0 radical (unpaired) electrons. The Labute approximate surface area is 80.9 Å². The fourth-order valence-electron chi connectivity index (χ4n) is 1.72. The van der Waals surface area contributed by atoms with Crippen LogP contribution in [0.3, 0.4) is 0 Å². The lowest BCUT2D eigenvalue weighted by atomic mass is 10.0. The first-order chi connectivity index (χ1) is 6.24. The molecule has 13 heavy (non-hydrogen) atoms. The number of hydrogen-bond acceptors (Lipinski definition) is 3. The summed E-state index contributed by atoms with van der Waals surface area (Å²) in [6, 6.07) is 0.264. The normalized spacial score (nSPS) is 25.4. The highest BCUT2D eigenvalue weighted by molar-refractivity contribution is 4.76. The Hall–Kier alpha value is -0.120. The molecule has 2 atom stereocenters. The highest BCUT2D eigenvalue weighted by atomic mass is 16.3. The molecular formula is C10H22N2O. The molecule has 3 N–H and O–H groups in total. The van der Waals surface area contributed by atoms with E-state index in [0.29, 0.717) is 5.92 Å². The predicted molar refractivity (Wildman–Crippen MR) is 54.7 cm³/mol. The molecule has 0 aliphatic carbocycles. The van der Waals surface area contributed by atoms with Gasteiger partial charge in [-0.3, -0.25) is 0 Å². The SMILES string of the molecule is CC(C)[C@H](CO)NC[C@H]1CCNC1. The minimum atomic E-state index is 0.248. The molecule has 0 aromatic rings. The molecule has 1 aliphatic rings. The van der Waals surface area contributed by atoms with Gasteiger partial charge >= 0.3 is 0 Å². The first-order valence-corrected chi connectivity index (χ1v) is 5.29. The van der Waals surface area contributed by atoms with Crippen molar-refractivity contribution in [3.8, 4) is 0 Å². The molecule has 0 amide bonds. The van der Waals surface area contributed by atoms with Crippen LogP contribution in [0.1, 0.15) is 20.3 Å². The maximum absolute atomic E-state index is 9.09. The fraction of sp³-hybridized carbons (Fsp3) is 1.00. The lowest BCUT2D eigenvalue weighted by Crippen LogP contribution is -2.40. The summed E-state index contributed by atoms with van der Waals surface area (Å²) in [4.78, 5) is 0. The van der Waals surface area contributed by atoms with E-state index >= 15 is 0 Å². The minimum Gasteiger partial charge on any atom is -0.395 e. The molecule has 0 spiro atoms. The molecule has 3 heteroatoms. The standard InChI is InChI=1S/C10H22N2O/c1-8(2)10(7-13)12-6-9-3-4-11-5-9/h8-13H,3-7H2,1-2H3/t9-,10-/m0/s1. The van der Waals surface area contributed by atoms with Crippen LogP contribution >= 0.6 is 0 Å². The number of nitrogens with one attached hydrogen (secondary N) is 2. The van der Waals surface area contributed by atoms with E-state index < -0.39 is 0 Å². The minimum absolute atomic E-state index is 0.248. The molecule has 1 rings (SSSR count). The van der Waals surface area contributed by atoms with Crippen LogP contribution in [0.25, 0.3) is 0 Å². The van der Waals surface area contributed by atoms with Crippen molar-refractivity contribution in [3.63, 3.8) is 0 Å². The van der Waals surface area contributed by atoms with Gasteiger partial charge in [0.15, 0.2) is 0 Å². The van der Waals surface area contributed by atoms with Gasteiger partial charge in [-0.2, -0.15) is 0 Å².